The number of furan rings is 1. The molecule has 1 N–H and O–H groups in total. The average Bonchev–Trinajstić information content (AvgIpc) is 3.16. The van der Waals surface area contributed by atoms with Crippen LogP contribution in [0.2, 0.25) is 0 Å². The molecule has 0 spiro atoms. The van der Waals surface area contributed by atoms with Crippen LogP contribution in [0.5, 0.6) is 0 Å². The van der Waals surface area contributed by atoms with Gasteiger partial charge >= 0.3 is 0 Å². The summed E-state index contributed by atoms with van der Waals surface area (Å²) in [4.78, 5) is 32.5. The Bertz CT molecular complexity index is 1140. The van der Waals surface area contributed by atoms with Crippen LogP contribution in [0, 0.1) is 20.2 Å². The van der Waals surface area contributed by atoms with E-state index < -0.39 is 15.8 Å². The molecule has 1 heterocycles. The molecule has 0 atom stereocenters. The maximum absolute atomic E-state index is 12.0. The molecular formula is C18H11BrN4O6. The molecule has 0 fully saturated rings. The lowest BCUT2D eigenvalue weighted by molar-refractivity contribution is -0.385. The normalized spacial score (nSPS) is 10.8. The maximum atomic E-state index is 12.0. The molecule has 0 saturated heterocycles. The quantitative estimate of drug-likeness (QED) is 0.331. The lowest BCUT2D eigenvalue weighted by atomic mass is 10.1. The summed E-state index contributed by atoms with van der Waals surface area (Å²) in [6.07, 6.45) is 1.26. The van der Waals surface area contributed by atoms with Gasteiger partial charge in [-0.1, -0.05) is 6.07 Å². The van der Waals surface area contributed by atoms with Crippen molar-refractivity contribution in [2.45, 2.75) is 0 Å². The Kier molecular flexibility index (Phi) is 5.79. The average molecular weight is 459 g/mol. The number of nitrogens with zero attached hydrogens (tertiary/aromatic N) is 3. The van der Waals surface area contributed by atoms with Gasteiger partial charge in [0.05, 0.1) is 16.1 Å². The molecule has 10 nitrogen and oxygen atoms in total. The third-order valence-electron chi connectivity index (χ3n) is 3.73. The van der Waals surface area contributed by atoms with E-state index >= 15 is 0 Å². The number of nitrogens with one attached hydrogen (secondary N) is 1. The SMILES string of the molecule is O=C(N/N=C\c1ccc(-c2ccc([N+](=O)[O-])cc2Br)o1)c1cccc([N+](=O)[O-])c1. The van der Waals surface area contributed by atoms with E-state index in [1.165, 1.54) is 36.5 Å². The summed E-state index contributed by atoms with van der Waals surface area (Å²) in [5.74, 6) is 0.151. The second-order valence-electron chi connectivity index (χ2n) is 5.63. The summed E-state index contributed by atoms with van der Waals surface area (Å²) in [5, 5.41) is 25.3. The molecule has 0 unspecified atom stereocenters. The van der Waals surface area contributed by atoms with Crippen molar-refractivity contribution in [3.05, 3.63) is 90.6 Å². The van der Waals surface area contributed by atoms with Gasteiger partial charge in [0.2, 0.25) is 0 Å². The van der Waals surface area contributed by atoms with Gasteiger partial charge in [-0.3, -0.25) is 25.0 Å². The van der Waals surface area contributed by atoms with Crippen LogP contribution in [0.25, 0.3) is 11.3 Å². The number of amides is 1. The van der Waals surface area contributed by atoms with Gasteiger partial charge in [0.25, 0.3) is 17.3 Å². The fourth-order valence-electron chi connectivity index (χ4n) is 2.36. The standard InChI is InChI=1S/C18H11BrN4O6/c19-16-9-13(23(27)28)4-6-15(16)17-7-5-14(29-17)10-20-21-18(24)11-2-1-3-12(8-11)22(25)26/h1-10H,(H,21,24)/b20-10-. The monoisotopic (exact) mass is 458 g/mol. The Morgan fingerprint density at radius 2 is 1.76 bits per heavy atom. The van der Waals surface area contributed by atoms with Gasteiger partial charge in [-0.05, 0) is 40.2 Å². The molecule has 2 aromatic carbocycles. The number of hydrogen-bond donors (Lipinski definition) is 1. The number of nitro benzene ring substituents is 2. The summed E-state index contributed by atoms with van der Waals surface area (Å²) in [6.45, 7) is 0. The van der Waals surface area contributed by atoms with E-state index in [4.69, 9.17) is 4.42 Å². The Morgan fingerprint density at radius 1 is 1.03 bits per heavy atom. The van der Waals surface area contributed by atoms with E-state index in [0.717, 1.165) is 6.07 Å². The zero-order chi connectivity index (χ0) is 21.0. The van der Waals surface area contributed by atoms with Crippen molar-refractivity contribution in [3.63, 3.8) is 0 Å². The minimum absolute atomic E-state index is 0.0576. The molecule has 3 aromatic rings. The highest BCUT2D eigenvalue weighted by Crippen LogP contribution is 2.32. The van der Waals surface area contributed by atoms with Gasteiger partial charge in [-0.2, -0.15) is 5.10 Å². The van der Waals surface area contributed by atoms with Gasteiger partial charge in [0, 0.05) is 39.9 Å². The molecule has 1 amide bonds. The lowest BCUT2D eigenvalue weighted by Crippen LogP contribution is -2.17. The van der Waals surface area contributed by atoms with E-state index in [1.54, 1.807) is 18.2 Å². The van der Waals surface area contributed by atoms with Crippen molar-refractivity contribution in [1.29, 1.82) is 0 Å². The lowest BCUT2D eigenvalue weighted by Gasteiger charge is -2.01. The highest BCUT2D eigenvalue weighted by atomic mass is 79.9. The van der Waals surface area contributed by atoms with Gasteiger partial charge in [-0.25, -0.2) is 5.43 Å². The molecular weight excluding hydrogens is 448 g/mol. The highest BCUT2D eigenvalue weighted by molar-refractivity contribution is 9.10. The number of halogens is 1. The zero-order valence-corrected chi connectivity index (χ0v) is 16.0. The first-order valence-corrected chi connectivity index (χ1v) is 8.76. The first kappa shape index (κ1) is 19.9. The molecule has 0 radical (unpaired) electrons. The summed E-state index contributed by atoms with van der Waals surface area (Å²) >= 11 is 3.27. The van der Waals surface area contributed by atoms with Crippen molar-refractivity contribution in [2.75, 3.05) is 0 Å². The largest absolute Gasteiger partial charge is 0.455 e. The zero-order valence-electron chi connectivity index (χ0n) is 14.4. The number of carbonyl (C=O) groups excluding carboxylic acids is 1. The van der Waals surface area contributed by atoms with Crippen molar-refractivity contribution >= 4 is 39.4 Å². The van der Waals surface area contributed by atoms with E-state index in [0.29, 0.717) is 21.6 Å². The van der Waals surface area contributed by atoms with Crippen molar-refractivity contribution in [1.82, 2.24) is 5.43 Å². The summed E-state index contributed by atoms with van der Waals surface area (Å²) in [6, 6.07) is 12.8. The molecule has 1 aromatic heterocycles. The molecule has 0 aliphatic rings. The van der Waals surface area contributed by atoms with Gasteiger partial charge in [-0.15, -0.1) is 0 Å². The van der Waals surface area contributed by atoms with Crippen LogP contribution in [0.4, 0.5) is 11.4 Å². The third kappa shape index (κ3) is 4.71. The molecule has 146 valence electrons. The number of hydrogen-bond acceptors (Lipinski definition) is 7. The second kappa shape index (κ2) is 8.44. The maximum Gasteiger partial charge on any atom is 0.271 e. The van der Waals surface area contributed by atoms with Crippen LogP contribution in [0.15, 0.2) is 68.6 Å². The fourth-order valence-corrected chi connectivity index (χ4v) is 2.93. The Morgan fingerprint density at radius 3 is 2.45 bits per heavy atom. The number of nitro groups is 2. The van der Waals surface area contributed by atoms with E-state index in [9.17, 15) is 25.0 Å². The third-order valence-corrected chi connectivity index (χ3v) is 4.39. The molecule has 3 rings (SSSR count). The van der Waals surface area contributed by atoms with Crippen LogP contribution in [-0.4, -0.2) is 22.0 Å². The number of non-ortho nitro benzene ring substituents is 2. The van der Waals surface area contributed by atoms with Crippen LogP contribution in [0.3, 0.4) is 0 Å². The fraction of sp³-hybridized carbons (Fsp3) is 0. The topological polar surface area (TPSA) is 141 Å². The molecule has 0 saturated carbocycles. The number of carbonyl (C=O) groups is 1. The Balaban J connectivity index is 1.69. The summed E-state index contributed by atoms with van der Waals surface area (Å²) in [7, 11) is 0. The molecule has 0 aliphatic carbocycles. The first-order chi connectivity index (χ1) is 13.8. The van der Waals surface area contributed by atoms with E-state index in [2.05, 4.69) is 26.5 Å². The molecule has 0 bridgehead atoms. The van der Waals surface area contributed by atoms with Crippen LogP contribution in [-0.2, 0) is 0 Å². The highest BCUT2D eigenvalue weighted by Gasteiger charge is 2.13. The minimum Gasteiger partial charge on any atom is -0.455 e. The smallest absolute Gasteiger partial charge is 0.271 e. The van der Waals surface area contributed by atoms with E-state index in [1.807, 2.05) is 0 Å². The van der Waals surface area contributed by atoms with Crippen LogP contribution >= 0.6 is 15.9 Å². The number of rotatable bonds is 6. The molecule has 29 heavy (non-hydrogen) atoms. The second-order valence-corrected chi connectivity index (χ2v) is 6.48. The van der Waals surface area contributed by atoms with Gasteiger partial charge in [0.1, 0.15) is 11.5 Å². The predicted octanol–water partition coefficient (Wildman–Crippen LogP) is 4.29. The molecule has 11 heteroatoms. The predicted molar refractivity (Wildman–Crippen MR) is 107 cm³/mol. The van der Waals surface area contributed by atoms with E-state index in [-0.39, 0.29) is 16.9 Å². The number of hydrazone groups is 1. The van der Waals surface area contributed by atoms with Gasteiger partial charge in [0.15, 0.2) is 0 Å². The minimum atomic E-state index is -0.616. The Labute approximate surface area is 171 Å². The van der Waals surface area contributed by atoms with Crippen molar-refractivity contribution in [3.8, 4) is 11.3 Å². The number of benzene rings is 2. The molecule has 0 aliphatic heterocycles. The van der Waals surface area contributed by atoms with Gasteiger partial charge < -0.3 is 4.42 Å². The van der Waals surface area contributed by atoms with Crippen LogP contribution in [0.1, 0.15) is 16.1 Å². The van der Waals surface area contributed by atoms with Crippen LogP contribution < -0.4 is 5.43 Å². The van der Waals surface area contributed by atoms with Crippen molar-refractivity contribution < 1.29 is 19.1 Å². The first-order valence-electron chi connectivity index (χ1n) is 7.97. The van der Waals surface area contributed by atoms with Crippen molar-refractivity contribution in [2.24, 2.45) is 5.10 Å². The Hall–Kier alpha value is -3.86. The summed E-state index contributed by atoms with van der Waals surface area (Å²) < 4.78 is 6.09. The summed E-state index contributed by atoms with van der Waals surface area (Å²) in [5.41, 5.74) is 2.69.